The lowest BCUT2D eigenvalue weighted by Gasteiger charge is -2.27. The zero-order chi connectivity index (χ0) is 21.6. The molecule has 1 aromatic heterocycles. The normalized spacial score (nSPS) is 21.1. The summed E-state index contributed by atoms with van der Waals surface area (Å²) in [4.78, 5) is 22.9. The number of thiophene rings is 1. The minimum atomic E-state index is 0. The third-order valence-corrected chi connectivity index (χ3v) is 7.31. The second-order valence-electron chi connectivity index (χ2n) is 8.52. The van der Waals surface area contributed by atoms with Gasteiger partial charge in [0.2, 0.25) is 5.91 Å². The molecule has 0 radical (unpaired) electrons. The van der Waals surface area contributed by atoms with E-state index in [4.69, 9.17) is 0 Å². The molecule has 1 fully saturated rings. The van der Waals surface area contributed by atoms with Gasteiger partial charge in [-0.25, -0.2) is 0 Å². The fourth-order valence-electron chi connectivity index (χ4n) is 4.54. The third kappa shape index (κ3) is 6.45. The number of carbonyl (C=O) groups is 1. The summed E-state index contributed by atoms with van der Waals surface area (Å²) >= 11 is 1.80. The average Bonchev–Trinajstić information content (AvgIpc) is 3.39. The first kappa shape index (κ1) is 25.0. The van der Waals surface area contributed by atoms with Gasteiger partial charge in [-0.15, -0.1) is 35.3 Å². The van der Waals surface area contributed by atoms with E-state index in [0.29, 0.717) is 25.0 Å². The maximum Gasteiger partial charge on any atom is 0.224 e. The summed E-state index contributed by atoms with van der Waals surface area (Å²) in [6, 6.07) is 13.7. The van der Waals surface area contributed by atoms with Crippen LogP contribution in [0.25, 0.3) is 0 Å². The number of likely N-dealkylation sites (tertiary alicyclic amines) is 1. The predicted octanol–water partition coefficient (Wildman–Crippen LogP) is 3.47. The van der Waals surface area contributed by atoms with Gasteiger partial charge in [-0.1, -0.05) is 30.3 Å². The van der Waals surface area contributed by atoms with E-state index in [1.165, 1.54) is 16.0 Å². The van der Waals surface area contributed by atoms with E-state index in [-0.39, 0.29) is 29.9 Å². The van der Waals surface area contributed by atoms with Gasteiger partial charge in [-0.05, 0) is 42.3 Å². The first-order valence-electron chi connectivity index (χ1n) is 11.2. The number of fused-ring (bicyclic) bond motifs is 1. The lowest BCUT2D eigenvalue weighted by Crippen LogP contribution is -2.45. The number of amides is 1. The molecular weight excluding hydrogens is 533 g/mol. The number of benzene rings is 1. The molecule has 6 nitrogen and oxygen atoms in total. The van der Waals surface area contributed by atoms with Gasteiger partial charge in [0.05, 0.1) is 0 Å². The minimum Gasteiger partial charge on any atom is -0.356 e. The van der Waals surface area contributed by atoms with E-state index in [1.807, 2.05) is 4.90 Å². The molecule has 1 aromatic carbocycles. The molecule has 3 heterocycles. The van der Waals surface area contributed by atoms with Crippen LogP contribution < -0.4 is 10.6 Å². The molecule has 2 unspecified atom stereocenters. The number of carbonyl (C=O) groups excluding carboxylic acids is 1. The van der Waals surface area contributed by atoms with Gasteiger partial charge in [0.1, 0.15) is 0 Å². The van der Waals surface area contributed by atoms with Crippen LogP contribution in [0.5, 0.6) is 0 Å². The Kier molecular flexibility index (Phi) is 9.36. The summed E-state index contributed by atoms with van der Waals surface area (Å²) in [5, 5.41) is 9.01. The molecule has 8 heteroatoms. The van der Waals surface area contributed by atoms with Crippen molar-refractivity contribution in [3.63, 3.8) is 0 Å². The molecule has 2 aliphatic rings. The van der Waals surface area contributed by atoms with Crippen molar-refractivity contribution in [2.75, 3.05) is 26.7 Å². The smallest absolute Gasteiger partial charge is 0.224 e. The Hall–Kier alpha value is -1.65. The molecule has 2 atom stereocenters. The van der Waals surface area contributed by atoms with Crippen molar-refractivity contribution in [3.05, 3.63) is 57.8 Å². The van der Waals surface area contributed by atoms with E-state index in [0.717, 1.165) is 45.0 Å². The zero-order valence-corrected chi connectivity index (χ0v) is 22.1. The van der Waals surface area contributed by atoms with Crippen molar-refractivity contribution in [1.29, 1.82) is 0 Å². The molecule has 4 rings (SSSR count). The number of nitrogens with one attached hydrogen (secondary N) is 2. The highest BCUT2D eigenvalue weighted by molar-refractivity contribution is 14.0. The highest BCUT2D eigenvalue weighted by Crippen LogP contribution is 2.24. The molecule has 0 spiro atoms. The Balaban J connectivity index is 0.00000289. The van der Waals surface area contributed by atoms with Crippen molar-refractivity contribution in [1.82, 2.24) is 20.4 Å². The van der Waals surface area contributed by atoms with Crippen LogP contribution in [0.15, 0.2) is 46.8 Å². The Morgan fingerprint density at radius 2 is 2.06 bits per heavy atom. The molecule has 2 N–H and O–H groups in total. The summed E-state index contributed by atoms with van der Waals surface area (Å²) in [6.45, 7) is 6.44. The molecule has 1 saturated heterocycles. The van der Waals surface area contributed by atoms with E-state index in [1.54, 1.807) is 18.4 Å². The molecule has 1 amide bonds. The second kappa shape index (κ2) is 12.0. The van der Waals surface area contributed by atoms with Crippen molar-refractivity contribution >= 4 is 47.2 Å². The van der Waals surface area contributed by atoms with E-state index in [2.05, 4.69) is 69.2 Å². The van der Waals surface area contributed by atoms with Crippen molar-refractivity contribution in [2.24, 2.45) is 4.99 Å². The minimum absolute atomic E-state index is 0. The van der Waals surface area contributed by atoms with E-state index in [9.17, 15) is 4.79 Å². The molecule has 32 heavy (non-hydrogen) atoms. The number of aliphatic imine (C=N–C) groups is 1. The SMILES string of the molecule is CN=C(NCCC(=O)N1CCc2sccc2C1)NC1CC(C)N(Cc2ccccc2)C1.I. The number of guanidine groups is 1. The summed E-state index contributed by atoms with van der Waals surface area (Å²) < 4.78 is 0. The van der Waals surface area contributed by atoms with Gasteiger partial charge in [-0.3, -0.25) is 14.7 Å². The molecule has 0 aliphatic carbocycles. The number of rotatable bonds is 6. The van der Waals surface area contributed by atoms with Crippen LogP contribution in [0, 0.1) is 0 Å². The van der Waals surface area contributed by atoms with Crippen molar-refractivity contribution < 1.29 is 4.79 Å². The molecule has 2 aliphatic heterocycles. The predicted molar refractivity (Wildman–Crippen MR) is 143 cm³/mol. The van der Waals surface area contributed by atoms with Crippen LogP contribution in [0.1, 0.15) is 35.8 Å². The quantitative estimate of drug-likeness (QED) is 0.319. The van der Waals surface area contributed by atoms with Gasteiger partial charge in [-0.2, -0.15) is 0 Å². The maximum atomic E-state index is 12.6. The van der Waals surface area contributed by atoms with Crippen LogP contribution in [-0.4, -0.2) is 60.4 Å². The van der Waals surface area contributed by atoms with Crippen LogP contribution in [-0.2, 0) is 24.3 Å². The molecular formula is C24H34IN5OS. The number of halogens is 1. The number of nitrogens with zero attached hydrogens (tertiary/aromatic N) is 3. The number of hydrogen-bond donors (Lipinski definition) is 2. The largest absolute Gasteiger partial charge is 0.356 e. The van der Waals surface area contributed by atoms with Gasteiger partial charge < -0.3 is 15.5 Å². The first-order chi connectivity index (χ1) is 15.1. The van der Waals surface area contributed by atoms with Crippen LogP contribution >= 0.6 is 35.3 Å². The molecule has 0 saturated carbocycles. The standard InChI is InChI=1S/C24H33N5OS.HI/c1-18-14-21(17-29(18)15-19-6-4-3-5-7-19)27-24(25-2)26-11-8-23(30)28-12-9-22-20(16-28)10-13-31-22;/h3-7,10,13,18,21H,8-9,11-12,14-17H2,1-2H3,(H2,25,26,27);1H. The van der Waals surface area contributed by atoms with Crippen LogP contribution in [0.4, 0.5) is 0 Å². The Labute approximate surface area is 212 Å². The van der Waals surface area contributed by atoms with Crippen LogP contribution in [0.3, 0.4) is 0 Å². The highest BCUT2D eigenvalue weighted by atomic mass is 127. The fraction of sp³-hybridized carbons (Fsp3) is 0.500. The summed E-state index contributed by atoms with van der Waals surface area (Å²) in [7, 11) is 1.79. The second-order valence-corrected chi connectivity index (χ2v) is 9.52. The lowest BCUT2D eigenvalue weighted by molar-refractivity contribution is -0.131. The number of hydrogen-bond acceptors (Lipinski definition) is 4. The topological polar surface area (TPSA) is 60.0 Å². The van der Waals surface area contributed by atoms with Gasteiger partial charge in [0, 0.05) is 63.2 Å². The molecule has 2 aromatic rings. The summed E-state index contributed by atoms with van der Waals surface area (Å²) in [6.07, 6.45) is 2.55. The van der Waals surface area contributed by atoms with Gasteiger partial charge in [0.25, 0.3) is 0 Å². The monoisotopic (exact) mass is 567 g/mol. The van der Waals surface area contributed by atoms with Crippen molar-refractivity contribution in [3.8, 4) is 0 Å². The van der Waals surface area contributed by atoms with Crippen molar-refractivity contribution in [2.45, 2.75) is 51.4 Å². The summed E-state index contributed by atoms with van der Waals surface area (Å²) in [5.74, 6) is 0.994. The fourth-order valence-corrected chi connectivity index (χ4v) is 5.43. The molecule has 0 bridgehead atoms. The Bertz CT molecular complexity index is 903. The maximum absolute atomic E-state index is 12.6. The highest BCUT2D eigenvalue weighted by Gasteiger charge is 2.29. The lowest BCUT2D eigenvalue weighted by atomic mass is 10.1. The van der Waals surface area contributed by atoms with Gasteiger partial charge in [0.15, 0.2) is 5.96 Å². The summed E-state index contributed by atoms with van der Waals surface area (Å²) in [5.41, 5.74) is 2.66. The Morgan fingerprint density at radius 3 is 2.84 bits per heavy atom. The Morgan fingerprint density at radius 1 is 1.25 bits per heavy atom. The van der Waals surface area contributed by atoms with Crippen LogP contribution in [0.2, 0.25) is 0 Å². The first-order valence-corrected chi connectivity index (χ1v) is 12.1. The third-order valence-electron chi connectivity index (χ3n) is 6.29. The van der Waals surface area contributed by atoms with Gasteiger partial charge >= 0.3 is 0 Å². The van der Waals surface area contributed by atoms with E-state index < -0.39 is 0 Å². The zero-order valence-electron chi connectivity index (χ0n) is 18.9. The average molecular weight is 568 g/mol. The molecule has 174 valence electrons. The van der Waals surface area contributed by atoms with E-state index >= 15 is 0 Å².